The molecule has 1 amide bonds. The van der Waals surface area contributed by atoms with Crippen molar-refractivity contribution in [2.75, 3.05) is 0 Å². The van der Waals surface area contributed by atoms with Crippen molar-refractivity contribution >= 4 is 5.91 Å². The molecule has 2 aromatic carbocycles. The summed E-state index contributed by atoms with van der Waals surface area (Å²) in [5.41, 5.74) is 4.11. The highest BCUT2D eigenvalue weighted by molar-refractivity contribution is 5.76. The van der Waals surface area contributed by atoms with Gasteiger partial charge in [-0.25, -0.2) is 0 Å². The van der Waals surface area contributed by atoms with E-state index in [9.17, 15) is 4.79 Å². The van der Waals surface area contributed by atoms with E-state index in [1.54, 1.807) is 12.1 Å². The van der Waals surface area contributed by atoms with Crippen LogP contribution < -0.4 is 0 Å². The minimum absolute atomic E-state index is 0.144. The lowest BCUT2D eigenvalue weighted by Crippen LogP contribution is -2.36. The quantitative estimate of drug-likeness (QED) is 0.799. The van der Waals surface area contributed by atoms with Crippen LogP contribution in [0.5, 0.6) is 0 Å². The number of carbonyl (C=O) groups is 1. The van der Waals surface area contributed by atoms with Gasteiger partial charge in [-0.15, -0.1) is 0 Å². The van der Waals surface area contributed by atoms with Crippen LogP contribution in [0.25, 0.3) is 0 Å². The molecule has 0 aliphatic heterocycles. The number of rotatable bonds is 6. The van der Waals surface area contributed by atoms with Gasteiger partial charge in [0.2, 0.25) is 5.91 Å². The molecule has 0 N–H and O–H groups in total. The van der Waals surface area contributed by atoms with Crippen molar-refractivity contribution in [3.63, 3.8) is 0 Å². The topological polar surface area (TPSA) is 44.1 Å². The van der Waals surface area contributed by atoms with E-state index in [2.05, 4.69) is 31.2 Å². The van der Waals surface area contributed by atoms with Gasteiger partial charge in [0, 0.05) is 19.0 Å². The normalized spacial score (nSPS) is 10.5. The molecule has 24 heavy (non-hydrogen) atoms. The van der Waals surface area contributed by atoms with E-state index in [-0.39, 0.29) is 11.9 Å². The molecule has 3 nitrogen and oxygen atoms in total. The van der Waals surface area contributed by atoms with Gasteiger partial charge in [0.1, 0.15) is 0 Å². The molecular formula is C21H24N2O. The zero-order chi connectivity index (χ0) is 17.5. The molecule has 0 aromatic heterocycles. The van der Waals surface area contributed by atoms with Crippen molar-refractivity contribution in [1.29, 1.82) is 5.26 Å². The Morgan fingerprint density at radius 2 is 1.83 bits per heavy atom. The number of carbonyl (C=O) groups excluding carboxylic acids is 1. The summed E-state index contributed by atoms with van der Waals surface area (Å²) >= 11 is 0. The number of hydrogen-bond donors (Lipinski definition) is 0. The van der Waals surface area contributed by atoms with Crippen molar-refractivity contribution in [2.45, 2.75) is 46.2 Å². The summed E-state index contributed by atoms with van der Waals surface area (Å²) in [6, 6.07) is 18.0. The highest BCUT2D eigenvalue weighted by Gasteiger charge is 2.17. The summed E-state index contributed by atoms with van der Waals surface area (Å²) in [7, 11) is 0. The molecule has 2 aromatic rings. The van der Waals surface area contributed by atoms with Crippen LogP contribution in [-0.4, -0.2) is 16.8 Å². The molecule has 0 saturated heterocycles. The monoisotopic (exact) mass is 320 g/mol. The lowest BCUT2D eigenvalue weighted by atomic mass is 10.1. The molecule has 0 atom stereocenters. The summed E-state index contributed by atoms with van der Waals surface area (Å²) in [5.74, 6) is 0.163. The second kappa shape index (κ2) is 8.31. The third-order valence-electron chi connectivity index (χ3n) is 4.09. The number of nitriles is 1. The minimum Gasteiger partial charge on any atom is -0.336 e. The zero-order valence-corrected chi connectivity index (χ0v) is 14.6. The Balaban J connectivity index is 2.00. The second-order valence-electron chi connectivity index (χ2n) is 6.41. The maximum atomic E-state index is 12.6. The molecule has 0 aliphatic carbocycles. The van der Waals surface area contributed by atoms with Crippen molar-refractivity contribution in [3.05, 3.63) is 70.8 Å². The maximum absolute atomic E-state index is 12.6. The second-order valence-corrected chi connectivity index (χ2v) is 6.41. The minimum atomic E-state index is 0.144. The van der Waals surface area contributed by atoms with E-state index < -0.39 is 0 Å². The van der Waals surface area contributed by atoms with Crippen LogP contribution in [0.3, 0.4) is 0 Å². The number of amides is 1. The zero-order valence-electron chi connectivity index (χ0n) is 14.6. The SMILES string of the molecule is Cc1cccc(CCC(=O)N(Cc2ccc(C#N)cc2)C(C)C)c1. The van der Waals surface area contributed by atoms with Crippen molar-refractivity contribution < 1.29 is 4.79 Å². The average Bonchev–Trinajstić information content (AvgIpc) is 2.58. The van der Waals surface area contributed by atoms with Crippen LogP contribution in [-0.2, 0) is 17.8 Å². The summed E-state index contributed by atoms with van der Waals surface area (Å²) in [4.78, 5) is 14.5. The van der Waals surface area contributed by atoms with Crippen LogP contribution in [0.2, 0.25) is 0 Å². The third kappa shape index (κ3) is 4.96. The van der Waals surface area contributed by atoms with Gasteiger partial charge < -0.3 is 4.90 Å². The molecule has 0 radical (unpaired) electrons. The Hall–Kier alpha value is -2.60. The van der Waals surface area contributed by atoms with E-state index in [1.165, 1.54) is 11.1 Å². The fourth-order valence-electron chi connectivity index (χ4n) is 2.70. The first-order chi connectivity index (χ1) is 11.5. The maximum Gasteiger partial charge on any atom is 0.223 e. The van der Waals surface area contributed by atoms with Gasteiger partial charge >= 0.3 is 0 Å². The predicted octanol–water partition coefficient (Wildman–Crippen LogP) is 4.24. The van der Waals surface area contributed by atoms with Crippen LogP contribution >= 0.6 is 0 Å². The summed E-state index contributed by atoms with van der Waals surface area (Å²) in [6.07, 6.45) is 1.27. The third-order valence-corrected chi connectivity index (χ3v) is 4.09. The van der Waals surface area contributed by atoms with Gasteiger partial charge in [-0.05, 0) is 50.5 Å². The number of nitrogens with zero attached hydrogens (tertiary/aromatic N) is 2. The predicted molar refractivity (Wildman–Crippen MR) is 96.3 cm³/mol. The lowest BCUT2D eigenvalue weighted by Gasteiger charge is -2.27. The largest absolute Gasteiger partial charge is 0.336 e. The summed E-state index contributed by atoms with van der Waals surface area (Å²) < 4.78 is 0. The smallest absolute Gasteiger partial charge is 0.223 e. The lowest BCUT2D eigenvalue weighted by molar-refractivity contribution is -0.133. The first-order valence-corrected chi connectivity index (χ1v) is 8.33. The van der Waals surface area contributed by atoms with Gasteiger partial charge in [0.15, 0.2) is 0 Å². The molecule has 124 valence electrons. The Morgan fingerprint density at radius 1 is 1.12 bits per heavy atom. The van der Waals surface area contributed by atoms with Crippen molar-refractivity contribution in [3.8, 4) is 6.07 Å². The highest BCUT2D eigenvalue weighted by atomic mass is 16.2. The molecular weight excluding hydrogens is 296 g/mol. The fourth-order valence-corrected chi connectivity index (χ4v) is 2.70. The molecule has 0 bridgehead atoms. The number of aryl methyl sites for hydroxylation is 2. The Kier molecular flexibility index (Phi) is 6.14. The Bertz CT molecular complexity index is 726. The van der Waals surface area contributed by atoms with Crippen molar-refractivity contribution in [2.24, 2.45) is 0 Å². The molecule has 0 fully saturated rings. The van der Waals surface area contributed by atoms with Crippen LogP contribution in [0.15, 0.2) is 48.5 Å². The number of benzene rings is 2. The van der Waals surface area contributed by atoms with E-state index >= 15 is 0 Å². The van der Waals surface area contributed by atoms with E-state index in [0.29, 0.717) is 18.5 Å². The van der Waals surface area contributed by atoms with Gasteiger partial charge in [0.05, 0.1) is 11.6 Å². The highest BCUT2D eigenvalue weighted by Crippen LogP contribution is 2.13. The molecule has 3 heteroatoms. The molecule has 0 spiro atoms. The van der Waals surface area contributed by atoms with Crippen LogP contribution in [0.4, 0.5) is 0 Å². The van der Waals surface area contributed by atoms with Crippen molar-refractivity contribution in [1.82, 2.24) is 4.90 Å². The fraction of sp³-hybridized carbons (Fsp3) is 0.333. The van der Waals surface area contributed by atoms with Gasteiger partial charge in [-0.2, -0.15) is 5.26 Å². The summed E-state index contributed by atoms with van der Waals surface area (Å²) in [6.45, 7) is 6.72. The molecule has 0 heterocycles. The van der Waals surface area contributed by atoms with Crippen LogP contribution in [0.1, 0.15) is 42.5 Å². The Labute approximate surface area is 144 Å². The molecule has 0 unspecified atom stereocenters. The number of hydrogen-bond acceptors (Lipinski definition) is 2. The van der Waals surface area contributed by atoms with Crippen LogP contribution in [0, 0.1) is 18.3 Å². The molecule has 2 rings (SSSR count). The van der Waals surface area contributed by atoms with E-state index in [0.717, 1.165) is 12.0 Å². The van der Waals surface area contributed by atoms with E-state index in [4.69, 9.17) is 5.26 Å². The van der Waals surface area contributed by atoms with E-state index in [1.807, 2.05) is 36.9 Å². The summed E-state index contributed by atoms with van der Waals surface area (Å²) in [5, 5.41) is 8.87. The first kappa shape index (κ1) is 17.7. The average molecular weight is 320 g/mol. The molecule has 0 saturated carbocycles. The Morgan fingerprint density at radius 3 is 2.42 bits per heavy atom. The van der Waals surface area contributed by atoms with Gasteiger partial charge in [0.25, 0.3) is 0 Å². The van der Waals surface area contributed by atoms with Gasteiger partial charge in [-0.1, -0.05) is 42.0 Å². The standard InChI is InChI=1S/C21H24N2O/c1-16(2)23(15-20-9-7-19(14-22)8-10-20)21(24)12-11-18-6-4-5-17(3)13-18/h4-10,13,16H,11-12,15H2,1-3H3. The first-order valence-electron chi connectivity index (χ1n) is 8.33. The van der Waals surface area contributed by atoms with Gasteiger partial charge in [-0.3, -0.25) is 4.79 Å². The molecule has 0 aliphatic rings.